The second-order valence-electron chi connectivity index (χ2n) is 6.74. The first-order valence-corrected chi connectivity index (χ1v) is 9.66. The van der Waals surface area contributed by atoms with Crippen LogP contribution in [0.15, 0.2) is 48.8 Å². The molecule has 1 amide bonds. The Labute approximate surface area is 169 Å². The summed E-state index contributed by atoms with van der Waals surface area (Å²) in [4.78, 5) is 23.5. The lowest BCUT2D eigenvalue weighted by Crippen LogP contribution is -2.31. The summed E-state index contributed by atoms with van der Waals surface area (Å²) in [5.41, 5.74) is 0.600. The molecule has 1 saturated heterocycles. The van der Waals surface area contributed by atoms with E-state index in [0.29, 0.717) is 49.2 Å². The van der Waals surface area contributed by atoms with Gasteiger partial charge in [0.15, 0.2) is 0 Å². The van der Waals surface area contributed by atoms with E-state index in [2.05, 4.69) is 9.97 Å². The number of nitrogens with zero attached hydrogens (tertiary/aromatic N) is 3. The summed E-state index contributed by atoms with van der Waals surface area (Å²) in [6.07, 6.45) is 3.64. The molecule has 1 aromatic heterocycles. The number of carbonyl (C=O) groups excluding carboxylic acids is 1. The van der Waals surface area contributed by atoms with E-state index in [4.69, 9.17) is 14.2 Å². The van der Waals surface area contributed by atoms with Gasteiger partial charge in [-0.1, -0.05) is 30.3 Å². The zero-order valence-corrected chi connectivity index (χ0v) is 16.5. The Kier molecular flexibility index (Phi) is 5.46. The Hall–Kier alpha value is -3.35. The predicted octanol–water partition coefficient (Wildman–Crippen LogP) is 3.33. The van der Waals surface area contributed by atoms with Gasteiger partial charge in [-0.2, -0.15) is 0 Å². The van der Waals surface area contributed by atoms with Crippen molar-refractivity contribution in [3.8, 4) is 17.5 Å². The molecule has 1 aliphatic heterocycles. The van der Waals surface area contributed by atoms with E-state index < -0.39 is 0 Å². The summed E-state index contributed by atoms with van der Waals surface area (Å²) in [5.74, 6) is 1.23. The van der Waals surface area contributed by atoms with Gasteiger partial charge in [0.1, 0.15) is 11.9 Å². The third kappa shape index (κ3) is 3.81. The molecule has 3 aromatic rings. The highest BCUT2D eigenvalue weighted by atomic mass is 16.5. The van der Waals surface area contributed by atoms with Crippen LogP contribution < -0.4 is 14.2 Å². The Balaban J connectivity index is 1.57. The Morgan fingerprint density at radius 1 is 1.14 bits per heavy atom. The van der Waals surface area contributed by atoms with E-state index in [1.54, 1.807) is 17.3 Å². The van der Waals surface area contributed by atoms with Gasteiger partial charge >= 0.3 is 0 Å². The van der Waals surface area contributed by atoms with Crippen LogP contribution in [0.4, 0.5) is 0 Å². The molecule has 0 spiro atoms. The first-order chi connectivity index (χ1) is 14.2. The van der Waals surface area contributed by atoms with Crippen molar-refractivity contribution in [1.29, 1.82) is 0 Å². The standard InChI is InChI=1S/C22H23N3O4/c1-3-28-18-9-8-15-6-4-5-7-17(15)19(18)22(26)25-13-10-16(14-25)29-21-20(27-2)23-11-12-24-21/h4-9,11-12,16H,3,10,13-14H2,1-2H3. The molecule has 150 valence electrons. The zero-order chi connectivity index (χ0) is 20.2. The van der Waals surface area contributed by atoms with Gasteiger partial charge in [-0.15, -0.1) is 0 Å². The third-order valence-corrected chi connectivity index (χ3v) is 4.94. The second-order valence-corrected chi connectivity index (χ2v) is 6.74. The van der Waals surface area contributed by atoms with Gasteiger partial charge in [-0.3, -0.25) is 4.79 Å². The minimum Gasteiger partial charge on any atom is -0.493 e. The van der Waals surface area contributed by atoms with E-state index in [1.165, 1.54) is 7.11 Å². The molecule has 29 heavy (non-hydrogen) atoms. The summed E-state index contributed by atoms with van der Waals surface area (Å²) in [6.45, 7) is 3.47. The van der Waals surface area contributed by atoms with E-state index in [1.807, 2.05) is 43.3 Å². The summed E-state index contributed by atoms with van der Waals surface area (Å²) in [7, 11) is 1.52. The first-order valence-electron chi connectivity index (χ1n) is 9.66. The third-order valence-electron chi connectivity index (χ3n) is 4.94. The van der Waals surface area contributed by atoms with E-state index in [-0.39, 0.29) is 12.0 Å². The molecule has 0 radical (unpaired) electrons. The van der Waals surface area contributed by atoms with Crippen molar-refractivity contribution < 1.29 is 19.0 Å². The molecule has 1 unspecified atom stereocenters. The number of fused-ring (bicyclic) bond motifs is 1. The smallest absolute Gasteiger partial charge is 0.278 e. The molecular weight excluding hydrogens is 370 g/mol. The number of likely N-dealkylation sites (tertiary alicyclic amines) is 1. The topological polar surface area (TPSA) is 73.8 Å². The second kappa shape index (κ2) is 8.34. The largest absolute Gasteiger partial charge is 0.493 e. The molecule has 0 aliphatic carbocycles. The Bertz CT molecular complexity index is 1020. The molecule has 1 fully saturated rings. The lowest BCUT2D eigenvalue weighted by atomic mass is 10.0. The van der Waals surface area contributed by atoms with E-state index in [0.717, 1.165) is 10.8 Å². The summed E-state index contributed by atoms with van der Waals surface area (Å²) >= 11 is 0. The number of rotatable bonds is 6. The highest BCUT2D eigenvalue weighted by molar-refractivity contribution is 6.09. The molecule has 7 heteroatoms. The fourth-order valence-electron chi connectivity index (χ4n) is 3.61. The zero-order valence-electron chi connectivity index (χ0n) is 16.5. The van der Waals surface area contributed by atoms with Crippen molar-refractivity contribution in [3.05, 3.63) is 54.4 Å². The molecule has 0 N–H and O–H groups in total. The van der Waals surface area contributed by atoms with Crippen LogP contribution >= 0.6 is 0 Å². The molecule has 1 atom stereocenters. The van der Waals surface area contributed by atoms with Crippen LogP contribution in [-0.2, 0) is 0 Å². The van der Waals surface area contributed by atoms with Crippen LogP contribution in [0, 0.1) is 0 Å². The van der Waals surface area contributed by atoms with Gasteiger partial charge in [0, 0.05) is 25.4 Å². The lowest BCUT2D eigenvalue weighted by Gasteiger charge is -2.20. The lowest BCUT2D eigenvalue weighted by molar-refractivity contribution is 0.0768. The highest BCUT2D eigenvalue weighted by Crippen LogP contribution is 2.31. The normalized spacial score (nSPS) is 16.1. The minimum absolute atomic E-state index is 0.0533. The van der Waals surface area contributed by atoms with Gasteiger partial charge in [-0.05, 0) is 23.8 Å². The summed E-state index contributed by atoms with van der Waals surface area (Å²) in [5, 5.41) is 1.90. The molecule has 0 bridgehead atoms. The van der Waals surface area contributed by atoms with Crippen LogP contribution in [-0.4, -0.2) is 53.7 Å². The van der Waals surface area contributed by atoms with Crippen molar-refractivity contribution in [1.82, 2.24) is 14.9 Å². The van der Waals surface area contributed by atoms with Crippen molar-refractivity contribution in [2.75, 3.05) is 26.8 Å². The van der Waals surface area contributed by atoms with Gasteiger partial charge in [0.2, 0.25) is 0 Å². The minimum atomic E-state index is -0.171. The Morgan fingerprint density at radius 2 is 1.93 bits per heavy atom. The van der Waals surface area contributed by atoms with E-state index in [9.17, 15) is 4.79 Å². The maximum absolute atomic E-state index is 13.4. The molecule has 1 aliphatic rings. The quantitative estimate of drug-likeness (QED) is 0.640. The predicted molar refractivity (Wildman–Crippen MR) is 109 cm³/mol. The Morgan fingerprint density at radius 3 is 2.72 bits per heavy atom. The molecule has 2 aromatic carbocycles. The maximum atomic E-state index is 13.4. The van der Waals surface area contributed by atoms with Gasteiger partial charge < -0.3 is 19.1 Å². The van der Waals surface area contributed by atoms with Gasteiger partial charge in [-0.25, -0.2) is 9.97 Å². The van der Waals surface area contributed by atoms with Gasteiger partial charge in [0.05, 0.1) is 25.8 Å². The summed E-state index contributed by atoms with van der Waals surface area (Å²) in [6, 6.07) is 11.7. The van der Waals surface area contributed by atoms with Crippen LogP contribution in [0.1, 0.15) is 23.7 Å². The number of hydrogen-bond acceptors (Lipinski definition) is 6. The van der Waals surface area contributed by atoms with Crippen LogP contribution in [0.3, 0.4) is 0 Å². The van der Waals surface area contributed by atoms with Crippen molar-refractivity contribution in [2.45, 2.75) is 19.4 Å². The number of ether oxygens (including phenoxy) is 3. The van der Waals surface area contributed by atoms with Crippen molar-refractivity contribution in [3.63, 3.8) is 0 Å². The average molecular weight is 393 g/mol. The average Bonchev–Trinajstić information content (AvgIpc) is 3.22. The van der Waals surface area contributed by atoms with Gasteiger partial charge in [0.25, 0.3) is 17.7 Å². The summed E-state index contributed by atoms with van der Waals surface area (Å²) < 4.78 is 16.9. The van der Waals surface area contributed by atoms with E-state index >= 15 is 0 Å². The highest BCUT2D eigenvalue weighted by Gasteiger charge is 2.31. The number of methoxy groups -OCH3 is 1. The SMILES string of the molecule is CCOc1ccc2ccccc2c1C(=O)N1CCC(Oc2nccnc2OC)C1. The number of carbonyl (C=O) groups is 1. The van der Waals surface area contributed by atoms with Crippen LogP contribution in [0.5, 0.6) is 17.5 Å². The number of benzene rings is 2. The molecule has 7 nitrogen and oxygen atoms in total. The fourth-order valence-corrected chi connectivity index (χ4v) is 3.61. The number of hydrogen-bond donors (Lipinski definition) is 0. The molecule has 0 saturated carbocycles. The molecule has 2 heterocycles. The first kappa shape index (κ1) is 19.0. The maximum Gasteiger partial charge on any atom is 0.278 e. The van der Waals surface area contributed by atoms with Crippen LogP contribution in [0.2, 0.25) is 0 Å². The number of aromatic nitrogens is 2. The van der Waals surface area contributed by atoms with Crippen LogP contribution in [0.25, 0.3) is 10.8 Å². The number of amides is 1. The molecular formula is C22H23N3O4. The molecule has 4 rings (SSSR count). The van der Waals surface area contributed by atoms with Crippen molar-refractivity contribution >= 4 is 16.7 Å². The van der Waals surface area contributed by atoms with Crippen molar-refractivity contribution in [2.24, 2.45) is 0 Å². The fraction of sp³-hybridized carbons (Fsp3) is 0.318. The monoisotopic (exact) mass is 393 g/mol.